The van der Waals surface area contributed by atoms with Crippen LogP contribution < -0.4 is 9.73 Å². The summed E-state index contributed by atoms with van der Waals surface area (Å²) >= 11 is 0. The number of nitrogens with zero attached hydrogens (tertiary/aromatic N) is 2. The van der Waals surface area contributed by atoms with E-state index in [1.807, 2.05) is 69.3 Å². The van der Waals surface area contributed by atoms with E-state index in [0.29, 0.717) is 5.69 Å². The lowest BCUT2D eigenvalue weighted by molar-refractivity contribution is -0.119. The molecule has 1 N–H and O–H groups in total. The Hall–Kier alpha value is -3.97. The predicted octanol–water partition coefficient (Wildman–Crippen LogP) is 5.11. The Morgan fingerprint density at radius 1 is 0.886 bits per heavy atom. The van der Waals surface area contributed by atoms with Gasteiger partial charge >= 0.3 is 0 Å². The molecule has 0 bridgehead atoms. The van der Waals surface area contributed by atoms with Gasteiger partial charge in [0.1, 0.15) is 6.54 Å². The van der Waals surface area contributed by atoms with Crippen molar-refractivity contribution < 1.29 is 13.2 Å². The zero-order valence-electron chi connectivity index (χ0n) is 19.9. The smallest absolute Gasteiger partial charge is 0.264 e. The third-order valence-corrected chi connectivity index (χ3v) is 7.68. The van der Waals surface area contributed by atoms with Crippen molar-refractivity contribution in [3.63, 3.8) is 0 Å². The second-order valence-corrected chi connectivity index (χ2v) is 10.3. The topological polar surface area (TPSA) is 78.8 Å². The lowest BCUT2D eigenvalue weighted by atomic mass is 10.1. The van der Waals surface area contributed by atoms with Crippen LogP contribution in [0.5, 0.6) is 0 Å². The maximum Gasteiger partial charge on any atom is 0.264 e. The first kappa shape index (κ1) is 24.2. The van der Waals surface area contributed by atoms with Crippen LogP contribution in [0.2, 0.25) is 0 Å². The van der Waals surface area contributed by atoms with Crippen LogP contribution >= 0.6 is 0 Å². The van der Waals surface area contributed by atoms with Crippen LogP contribution in [0.4, 0.5) is 5.69 Å². The van der Waals surface area contributed by atoms with Crippen molar-refractivity contribution in [1.82, 2.24) is 5.43 Å². The molecule has 0 aromatic heterocycles. The highest BCUT2D eigenvalue weighted by Crippen LogP contribution is 2.26. The number of carbonyl (C=O) groups is 1. The second-order valence-electron chi connectivity index (χ2n) is 8.45. The van der Waals surface area contributed by atoms with Crippen molar-refractivity contribution in [2.75, 3.05) is 10.8 Å². The maximum atomic E-state index is 13.5. The van der Waals surface area contributed by atoms with Crippen LogP contribution in [0, 0.1) is 20.8 Å². The average Bonchev–Trinajstić information content (AvgIpc) is 2.85. The highest BCUT2D eigenvalue weighted by molar-refractivity contribution is 7.92. The number of nitrogens with one attached hydrogen (secondary N) is 1. The van der Waals surface area contributed by atoms with Crippen molar-refractivity contribution in [3.05, 3.63) is 107 Å². The van der Waals surface area contributed by atoms with Gasteiger partial charge in [0.2, 0.25) is 0 Å². The Morgan fingerprint density at radius 2 is 1.60 bits per heavy atom. The summed E-state index contributed by atoms with van der Waals surface area (Å²) in [7, 11) is -3.98. The number of rotatable bonds is 7. The first-order chi connectivity index (χ1) is 16.8. The third kappa shape index (κ3) is 5.41. The number of fused-ring (bicyclic) bond motifs is 1. The van der Waals surface area contributed by atoms with Gasteiger partial charge in [-0.3, -0.25) is 9.10 Å². The zero-order chi connectivity index (χ0) is 25.0. The van der Waals surface area contributed by atoms with Crippen LogP contribution in [0.1, 0.15) is 22.3 Å². The highest BCUT2D eigenvalue weighted by Gasteiger charge is 2.27. The number of sulfonamides is 1. The minimum absolute atomic E-state index is 0.119. The summed E-state index contributed by atoms with van der Waals surface area (Å²) in [5.74, 6) is -0.546. The van der Waals surface area contributed by atoms with Crippen LogP contribution in [-0.2, 0) is 14.8 Å². The molecule has 0 aliphatic carbocycles. The third-order valence-electron chi connectivity index (χ3n) is 5.89. The van der Waals surface area contributed by atoms with Gasteiger partial charge in [0, 0.05) is 5.56 Å². The number of hydrazone groups is 1. The van der Waals surface area contributed by atoms with E-state index in [1.165, 1.54) is 0 Å². The van der Waals surface area contributed by atoms with Gasteiger partial charge in [-0.05, 0) is 66.9 Å². The van der Waals surface area contributed by atoms with Crippen molar-refractivity contribution in [1.29, 1.82) is 0 Å². The Bertz CT molecular complexity index is 1510. The Balaban J connectivity index is 1.60. The molecule has 0 unspecified atom stereocenters. The van der Waals surface area contributed by atoms with Gasteiger partial charge < -0.3 is 0 Å². The normalized spacial score (nSPS) is 11.6. The molecule has 178 valence electrons. The molecule has 0 aliphatic rings. The SMILES string of the molecule is Cc1ccc(S(=O)(=O)N(CC(=O)N/N=C\c2cccc3ccccc23)c2ccc(C)c(C)c2)cc1. The number of hydrogen-bond acceptors (Lipinski definition) is 4. The molecule has 4 aromatic carbocycles. The molecule has 4 rings (SSSR count). The van der Waals surface area contributed by atoms with Gasteiger partial charge in [-0.2, -0.15) is 5.10 Å². The molecule has 0 radical (unpaired) electrons. The van der Waals surface area contributed by atoms with Gasteiger partial charge in [0.05, 0.1) is 16.8 Å². The molecule has 0 atom stereocenters. The molecule has 0 aliphatic heterocycles. The summed E-state index contributed by atoms with van der Waals surface area (Å²) in [6, 6.07) is 25.6. The molecule has 6 nitrogen and oxygen atoms in total. The largest absolute Gasteiger partial charge is 0.271 e. The lowest BCUT2D eigenvalue weighted by Gasteiger charge is -2.24. The van der Waals surface area contributed by atoms with Crippen LogP contribution in [0.25, 0.3) is 10.8 Å². The van der Waals surface area contributed by atoms with E-state index in [1.54, 1.807) is 42.6 Å². The first-order valence-corrected chi connectivity index (χ1v) is 12.7. The Morgan fingerprint density at radius 3 is 2.34 bits per heavy atom. The molecular weight excluding hydrogens is 458 g/mol. The van der Waals surface area contributed by atoms with E-state index in [0.717, 1.165) is 37.3 Å². The minimum atomic E-state index is -3.98. The number of hydrogen-bond donors (Lipinski definition) is 1. The van der Waals surface area contributed by atoms with E-state index in [-0.39, 0.29) is 4.90 Å². The molecule has 4 aromatic rings. The van der Waals surface area contributed by atoms with Gasteiger partial charge in [0.15, 0.2) is 0 Å². The van der Waals surface area contributed by atoms with E-state index in [9.17, 15) is 13.2 Å². The molecule has 1 amide bonds. The number of anilines is 1. The molecule has 0 spiro atoms. The summed E-state index contributed by atoms with van der Waals surface area (Å²) in [4.78, 5) is 13.0. The molecule has 35 heavy (non-hydrogen) atoms. The van der Waals surface area contributed by atoms with Crippen molar-refractivity contribution in [2.45, 2.75) is 25.7 Å². The first-order valence-electron chi connectivity index (χ1n) is 11.2. The fourth-order valence-electron chi connectivity index (χ4n) is 3.74. The van der Waals surface area contributed by atoms with Crippen LogP contribution in [0.3, 0.4) is 0 Å². The number of aryl methyl sites for hydroxylation is 3. The molecule has 0 fully saturated rings. The van der Waals surface area contributed by atoms with Gasteiger partial charge in [-0.25, -0.2) is 13.8 Å². The summed E-state index contributed by atoms with van der Waals surface area (Å²) in [5, 5.41) is 6.16. The van der Waals surface area contributed by atoms with E-state index in [4.69, 9.17) is 0 Å². The van der Waals surface area contributed by atoms with E-state index >= 15 is 0 Å². The van der Waals surface area contributed by atoms with Crippen LogP contribution in [0.15, 0.2) is 94.9 Å². The van der Waals surface area contributed by atoms with Crippen molar-refractivity contribution >= 4 is 38.6 Å². The second kappa shape index (κ2) is 10.1. The van der Waals surface area contributed by atoms with Crippen molar-refractivity contribution in [2.24, 2.45) is 5.10 Å². The molecule has 0 heterocycles. The van der Waals surface area contributed by atoms with Gasteiger partial charge in [0.25, 0.3) is 15.9 Å². The lowest BCUT2D eigenvalue weighted by Crippen LogP contribution is -2.39. The Labute approximate surface area is 206 Å². The number of benzene rings is 4. The molecule has 0 saturated carbocycles. The van der Waals surface area contributed by atoms with Gasteiger partial charge in [-0.1, -0.05) is 66.2 Å². The van der Waals surface area contributed by atoms with E-state index < -0.39 is 22.5 Å². The quantitative estimate of drug-likeness (QED) is 0.292. The Kier molecular flexibility index (Phi) is 6.98. The predicted molar refractivity (Wildman–Crippen MR) is 141 cm³/mol. The zero-order valence-corrected chi connectivity index (χ0v) is 20.7. The summed E-state index contributed by atoms with van der Waals surface area (Å²) in [6.07, 6.45) is 1.56. The minimum Gasteiger partial charge on any atom is -0.271 e. The van der Waals surface area contributed by atoms with E-state index in [2.05, 4.69) is 10.5 Å². The van der Waals surface area contributed by atoms with Crippen molar-refractivity contribution in [3.8, 4) is 0 Å². The fourth-order valence-corrected chi connectivity index (χ4v) is 5.15. The van der Waals surface area contributed by atoms with Crippen LogP contribution in [-0.4, -0.2) is 27.1 Å². The molecule has 0 saturated heterocycles. The number of amides is 1. The fraction of sp³-hybridized carbons (Fsp3) is 0.143. The average molecular weight is 486 g/mol. The standard InChI is InChI=1S/C28H27N3O3S/c1-20-11-15-26(16-12-20)35(33,34)31(25-14-13-21(2)22(3)17-25)19-28(32)30-29-18-24-9-6-8-23-7-4-5-10-27(23)24/h4-18H,19H2,1-3H3,(H,30,32)/b29-18-. The number of carbonyl (C=O) groups excluding carboxylic acids is 1. The van der Waals surface area contributed by atoms with Gasteiger partial charge in [-0.15, -0.1) is 0 Å². The highest BCUT2D eigenvalue weighted by atomic mass is 32.2. The molecule has 7 heteroatoms. The summed E-state index contributed by atoms with van der Waals surface area (Å²) in [6.45, 7) is 5.33. The molecular formula is C28H27N3O3S. The summed E-state index contributed by atoms with van der Waals surface area (Å²) in [5.41, 5.74) is 6.66. The summed E-state index contributed by atoms with van der Waals surface area (Å²) < 4.78 is 28.2. The maximum absolute atomic E-state index is 13.5. The monoisotopic (exact) mass is 485 g/mol.